The van der Waals surface area contributed by atoms with Crippen molar-refractivity contribution in [2.45, 2.75) is 38.6 Å². The fraction of sp³-hybridized carbons (Fsp3) is 0.529. The Morgan fingerprint density at radius 3 is 2.68 bits per heavy atom. The lowest BCUT2D eigenvalue weighted by molar-refractivity contribution is 0.218. The van der Waals surface area contributed by atoms with Crippen molar-refractivity contribution in [1.29, 1.82) is 0 Å². The van der Waals surface area contributed by atoms with Gasteiger partial charge in [-0.2, -0.15) is 0 Å². The van der Waals surface area contributed by atoms with Gasteiger partial charge in [-0.25, -0.2) is 0 Å². The summed E-state index contributed by atoms with van der Waals surface area (Å²) in [5.74, 6) is 0.664. The Labute approximate surface area is 131 Å². The van der Waals surface area contributed by atoms with Gasteiger partial charge >= 0.3 is 6.01 Å². The van der Waals surface area contributed by atoms with Crippen LogP contribution < -0.4 is 5.32 Å². The third-order valence-electron chi connectivity index (χ3n) is 4.12. The standard InChI is InChI=1S/C17H24N4O/c1-2-10-21-11-8-15(9-12-21)18-17-20-19-16(22-17)13-14-6-4-3-5-7-14/h3-7,15H,2,8-13H2,1H3,(H,18,20). The van der Waals surface area contributed by atoms with E-state index in [0.29, 0.717) is 24.4 Å². The van der Waals surface area contributed by atoms with Gasteiger partial charge in [-0.15, -0.1) is 5.10 Å². The SMILES string of the molecule is CCCN1CCC(Nc2nnc(Cc3ccccc3)o2)CC1. The van der Waals surface area contributed by atoms with Crippen molar-refractivity contribution in [3.8, 4) is 0 Å². The number of aromatic nitrogens is 2. The van der Waals surface area contributed by atoms with Crippen LogP contribution in [0, 0.1) is 0 Å². The first-order valence-electron chi connectivity index (χ1n) is 8.18. The highest BCUT2D eigenvalue weighted by molar-refractivity contribution is 5.22. The van der Waals surface area contributed by atoms with E-state index in [0.717, 1.165) is 25.9 Å². The summed E-state index contributed by atoms with van der Waals surface area (Å²) in [4.78, 5) is 2.52. The predicted octanol–water partition coefficient (Wildman–Crippen LogP) is 2.95. The average molecular weight is 300 g/mol. The molecule has 0 atom stereocenters. The number of anilines is 1. The van der Waals surface area contributed by atoms with E-state index in [1.54, 1.807) is 0 Å². The Morgan fingerprint density at radius 1 is 1.18 bits per heavy atom. The molecule has 0 saturated carbocycles. The first kappa shape index (κ1) is 15.0. The molecule has 22 heavy (non-hydrogen) atoms. The van der Waals surface area contributed by atoms with Gasteiger partial charge in [0.05, 0.1) is 6.42 Å². The van der Waals surface area contributed by atoms with E-state index in [-0.39, 0.29) is 0 Å². The topological polar surface area (TPSA) is 54.2 Å². The summed E-state index contributed by atoms with van der Waals surface area (Å²) in [5, 5.41) is 11.6. The number of benzene rings is 1. The maximum atomic E-state index is 5.72. The lowest BCUT2D eigenvalue weighted by Gasteiger charge is -2.31. The van der Waals surface area contributed by atoms with Crippen molar-refractivity contribution in [1.82, 2.24) is 15.1 Å². The van der Waals surface area contributed by atoms with Crippen LogP contribution in [0.1, 0.15) is 37.6 Å². The smallest absolute Gasteiger partial charge is 0.315 e. The number of hydrogen-bond donors (Lipinski definition) is 1. The quantitative estimate of drug-likeness (QED) is 0.889. The zero-order valence-corrected chi connectivity index (χ0v) is 13.2. The Bertz CT molecular complexity index is 561. The second-order valence-corrected chi connectivity index (χ2v) is 5.92. The first-order chi connectivity index (χ1) is 10.8. The van der Waals surface area contributed by atoms with Crippen LogP contribution >= 0.6 is 0 Å². The van der Waals surface area contributed by atoms with Gasteiger partial charge in [0.25, 0.3) is 0 Å². The number of likely N-dealkylation sites (tertiary alicyclic amines) is 1. The van der Waals surface area contributed by atoms with Gasteiger partial charge in [0.1, 0.15) is 0 Å². The van der Waals surface area contributed by atoms with Gasteiger partial charge in [0.15, 0.2) is 0 Å². The molecule has 1 saturated heterocycles. The van der Waals surface area contributed by atoms with Crippen molar-refractivity contribution in [3.05, 3.63) is 41.8 Å². The molecular weight excluding hydrogens is 276 g/mol. The molecule has 0 radical (unpaired) electrons. The molecule has 1 aliphatic heterocycles. The highest BCUT2D eigenvalue weighted by Crippen LogP contribution is 2.17. The second-order valence-electron chi connectivity index (χ2n) is 5.92. The molecule has 0 amide bonds. The van der Waals surface area contributed by atoms with Crippen molar-refractivity contribution in [2.24, 2.45) is 0 Å². The van der Waals surface area contributed by atoms with Crippen LogP contribution in [0.25, 0.3) is 0 Å². The highest BCUT2D eigenvalue weighted by Gasteiger charge is 2.20. The van der Waals surface area contributed by atoms with E-state index in [4.69, 9.17) is 4.42 Å². The van der Waals surface area contributed by atoms with Gasteiger partial charge in [0.2, 0.25) is 5.89 Å². The fourth-order valence-corrected chi connectivity index (χ4v) is 2.95. The molecule has 3 rings (SSSR count). The van der Waals surface area contributed by atoms with E-state index < -0.39 is 0 Å². The summed E-state index contributed by atoms with van der Waals surface area (Å²) in [5.41, 5.74) is 1.19. The molecule has 1 aliphatic rings. The molecule has 2 aromatic rings. The lowest BCUT2D eigenvalue weighted by atomic mass is 10.1. The second kappa shape index (κ2) is 7.40. The Hall–Kier alpha value is -1.88. The molecule has 5 heteroatoms. The van der Waals surface area contributed by atoms with Crippen LogP contribution in [0.3, 0.4) is 0 Å². The van der Waals surface area contributed by atoms with Crippen LogP contribution in [-0.2, 0) is 6.42 Å². The number of nitrogens with zero attached hydrogens (tertiary/aromatic N) is 3. The first-order valence-corrected chi connectivity index (χ1v) is 8.18. The lowest BCUT2D eigenvalue weighted by Crippen LogP contribution is -2.39. The van der Waals surface area contributed by atoms with Crippen LogP contribution in [0.5, 0.6) is 0 Å². The summed E-state index contributed by atoms with van der Waals surface area (Å²) in [7, 11) is 0. The van der Waals surface area contributed by atoms with E-state index >= 15 is 0 Å². The van der Waals surface area contributed by atoms with Gasteiger partial charge in [-0.3, -0.25) is 0 Å². The molecule has 5 nitrogen and oxygen atoms in total. The van der Waals surface area contributed by atoms with Gasteiger partial charge < -0.3 is 14.6 Å². The molecule has 0 bridgehead atoms. The minimum Gasteiger partial charge on any atom is -0.408 e. The van der Waals surface area contributed by atoms with Crippen molar-refractivity contribution < 1.29 is 4.42 Å². The zero-order chi connectivity index (χ0) is 15.2. The molecule has 0 aliphatic carbocycles. The van der Waals surface area contributed by atoms with E-state index in [1.807, 2.05) is 18.2 Å². The minimum atomic E-state index is 0.443. The largest absolute Gasteiger partial charge is 0.408 e. The number of piperidine rings is 1. The van der Waals surface area contributed by atoms with Crippen LogP contribution in [0.2, 0.25) is 0 Å². The van der Waals surface area contributed by atoms with E-state index in [1.165, 1.54) is 18.5 Å². The molecule has 1 N–H and O–H groups in total. The van der Waals surface area contributed by atoms with Crippen LogP contribution in [0.4, 0.5) is 6.01 Å². The maximum absolute atomic E-state index is 5.72. The van der Waals surface area contributed by atoms with E-state index in [2.05, 4.69) is 39.5 Å². The zero-order valence-electron chi connectivity index (χ0n) is 13.2. The third kappa shape index (κ3) is 4.07. The van der Waals surface area contributed by atoms with Crippen molar-refractivity contribution >= 4 is 6.01 Å². The summed E-state index contributed by atoms with van der Waals surface area (Å²) in [6, 6.07) is 11.2. The summed E-state index contributed by atoms with van der Waals surface area (Å²) in [6.07, 6.45) is 4.18. The molecule has 0 spiro atoms. The van der Waals surface area contributed by atoms with E-state index in [9.17, 15) is 0 Å². The number of rotatable bonds is 6. The van der Waals surface area contributed by atoms with Crippen LogP contribution in [-0.4, -0.2) is 40.8 Å². The number of nitrogens with one attached hydrogen (secondary N) is 1. The summed E-state index contributed by atoms with van der Waals surface area (Å²) < 4.78 is 5.72. The molecule has 2 heterocycles. The van der Waals surface area contributed by atoms with Gasteiger partial charge in [-0.05, 0) is 31.4 Å². The molecular formula is C17H24N4O. The third-order valence-corrected chi connectivity index (χ3v) is 4.12. The van der Waals surface area contributed by atoms with Gasteiger partial charge in [-0.1, -0.05) is 42.4 Å². The molecule has 1 aromatic carbocycles. The minimum absolute atomic E-state index is 0.443. The summed E-state index contributed by atoms with van der Waals surface area (Å²) in [6.45, 7) is 5.73. The highest BCUT2D eigenvalue weighted by atomic mass is 16.4. The van der Waals surface area contributed by atoms with Crippen molar-refractivity contribution in [3.63, 3.8) is 0 Å². The Balaban J connectivity index is 1.50. The predicted molar refractivity (Wildman–Crippen MR) is 86.9 cm³/mol. The summed E-state index contributed by atoms with van der Waals surface area (Å²) >= 11 is 0. The monoisotopic (exact) mass is 300 g/mol. The number of hydrogen-bond acceptors (Lipinski definition) is 5. The Morgan fingerprint density at radius 2 is 1.95 bits per heavy atom. The van der Waals surface area contributed by atoms with Gasteiger partial charge in [0, 0.05) is 19.1 Å². The van der Waals surface area contributed by atoms with Crippen LogP contribution in [0.15, 0.2) is 34.7 Å². The molecule has 118 valence electrons. The Kier molecular flexibility index (Phi) is 5.06. The molecule has 0 unspecified atom stereocenters. The average Bonchev–Trinajstić information content (AvgIpc) is 2.98. The fourth-order valence-electron chi connectivity index (χ4n) is 2.95. The maximum Gasteiger partial charge on any atom is 0.315 e. The molecule has 1 fully saturated rings. The normalized spacial score (nSPS) is 16.8. The van der Waals surface area contributed by atoms with Crippen molar-refractivity contribution in [2.75, 3.05) is 25.0 Å². The molecule has 1 aromatic heterocycles.